The summed E-state index contributed by atoms with van der Waals surface area (Å²) in [5.74, 6) is 0.720. The molecule has 2 aromatic carbocycles. The zero-order valence-corrected chi connectivity index (χ0v) is 14.5. The van der Waals surface area contributed by atoms with Crippen molar-refractivity contribution in [2.45, 2.75) is 25.9 Å². The van der Waals surface area contributed by atoms with E-state index in [1.165, 1.54) is 5.56 Å². The summed E-state index contributed by atoms with van der Waals surface area (Å²) in [6.45, 7) is 2.31. The third-order valence-electron chi connectivity index (χ3n) is 4.10. The van der Waals surface area contributed by atoms with Gasteiger partial charge < -0.3 is 14.7 Å². The first-order valence-corrected chi connectivity index (χ1v) is 8.11. The molecule has 4 nitrogen and oxygen atoms in total. The first-order valence-electron chi connectivity index (χ1n) is 8.11. The van der Waals surface area contributed by atoms with Crippen LogP contribution in [0.5, 0.6) is 5.75 Å². The number of carbonyl (C=O) groups is 1. The van der Waals surface area contributed by atoms with Gasteiger partial charge in [-0.1, -0.05) is 42.0 Å². The second kappa shape index (κ2) is 8.50. The number of methoxy groups -OCH3 is 1. The van der Waals surface area contributed by atoms with Gasteiger partial charge in [-0.3, -0.25) is 4.79 Å². The number of aliphatic hydroxyl groups is 1. The molecule has 1 unspecified atom stereocenters. The lowest BCUT2D eigenvalue weighted by Gasteiger charge is -2.21. The Morgan fingerprint density at radius 2 is 1.92 bits per heavy atom. The summed E-state index contributed by atoms with van der Waals surface area (Å²) >= 11 is 0. The maximum absolute atomic E-state index is 12.3. The van der Waals surface area contributed by atoms with Gasteiger partial charge in [0.15, 0.2) is 0 Å². The lowest BCUT2D eigenvalue weighted by Crippen LogP contribution is -2.31. The van der Waals surface area contributed by atoms with Crippen molar-refractivity contribution in [3.8, 4) is 5.75 Å². The highest BCUT2D eigenvalue weighted by Gasteiger charge is 2.15. The van der Waals surface area contributed by atoms with E-state index in [0.29, 0.717) is 18.6 Å². The Bertz CT molecular complexity index is 667. The third-order valence-corrected chi connectivity index (χ3v) is 4.10. The molecule has 2 aromatic rings. The number of nitrogens with zero attached hydrogens (tertiary/aromatic N) is 1. The van der Waals surface area contributed by atoms with Crippen molar-refractivity contribution in [1.29, 1.82) is 0 Å². The second-order valence-corrected chi connectivity index (χ2v) is 6.05. The van der Waals surface area contributed by atoms with Gasteiger partial charge in [-0.05, 0) is 36.6 Å². The van der Waals surface area contributed by atoms with E-state index >= 15 is 0 Å². The SMILES string of the molecule is COc1cccc(C(O)CN(C)C(=O)CCc2ccc(C)cc2)c1. The molecule has 1 atom stereocenters. The average Bonchev–Trinajstić information content (AvgIpc) is 2.60. The molecule has 0 radical (unpaired) electrons. The second-order valence-electron chi connectivity index (χ2n) is 6.05. The smallest absolute Gasteiger partial charge is 0.222 e. The number of hydrogen-bond acceptors (Lipinski definition) is 3. The third kappa shape index (κ3) is 5.10. The molecule has 0 fully saturated rings. The van der Waals surface area contributed by atoms with E-state index < -0.39 is 6.10 Å². The first kappa shape index (κ1) is 18.0. The number of aliphatic hydroxyl groups excluding tert-OH is 1. The Morgan fingerprint density at radius 1 is 1.21 bits per heavy atom. The quantitative estimate of drug-likeness (QED) is 0.850. The van der Waals surface area contributed by atoms with Gasteiger partial charge in [0.2, 0.25) is 5.91 Å². The molecule has 0 saturated carbocycles. The fourth-order valence-electron chi connectivity index (χ4n) is 2.51. The Balaban J connectivity index is 1.87. The van der Waals surface area contributed by atoms with Crippen molar-refractivity contribution in [2.75, 3.05) is 20.7 Å². The maximum atomic E-state index is 12.3. The minimum atomic E-state index is -0.728. The van der Waals surface area contributed by atoms with Gasteiger partial charge in [0.25, 0.3) is 0 Å². The van der Waals surface area contributed by atoms with Gasteiger partial charge in [-0.2, -0.15) is 0 Å². The number of ether oxygens (including phenoxy) is 1. The molecular formula is C20H25NO3. The van der Waals surface area contributed by atoms with Gasteiger partial charge in [0.05, 0.1) is 19.8 Å². The van der Waals surface area contributed by atoms with Crippen LogP contribution in [0.15, 0.2) is 48.5 Å². The highest BCUT2D eigenvalue weighted by atomic mass is 16.5. The Kier molecular flexibility index (Phi) is 6.38. The summed E-state index contributed by atoms with van der Waals surface area (Å²) in [6, 6.07) is 15.5. The van der Waals surface area contributed by atoms with Crippen LogP contribution in [-0.4, -0.2) is 36.6 Å². The normalized spacial score (nSPS) is 11.8. The number of aryl methyl sites for hydroxylation is 2. The number of rotatable bonds is 7. The molecule has 0 aliphatic heterocycles. The Labute approximate surface area is 143 Å². The van der Waals surface area contributed by atoms with Crippen molar-refractivity contribution in [3.63, 3.8) is 0 Å². The number of hydrogen-bond donors (Lipinski definition) is 1. The highest BCUT2D eigenvalue weighted by Crippen LogP contribution is 2.20. The van der Waals surface area contributed by atoms with Crippen molar-refractivity contribution >= 4 is 5.91 Å². The van der Waals surface area contributed by atoms with Gasteiger partial charge in [0, 0.05) is 13.5 Å². The average molecular weight is 327 g/mol. The minimum Gasteiger partial charge on any atom is -0.497 e. The molecule has 1 amide bonds. The van der Waals surface area contributed by atoms with E-state index in [2.05, 4.69) is 12.1 Å². The molecule has 0 aliphatic rings. The number of benzene rings is 2. The standard InChI is InChI=1S/C20H25NO3/c1-15-7-9-16(10-8-15)11-12-20(23)21(2)14-19(22)17-5-4-6-18(13-17)24-3/h4-10,13,19,22H,11-12,14H2,1-3H3. The van der Waals surface area contributed by atoms with Crippen LogP contribution in [0, 0.1) is 6.92 Å². The molecule has 128 valence electrons. The molecular weight excluding hydrogens is 302 g/mol. The summed E-state index contributed by atoms with van der Waals surface area (Å²) in [5, 5.41) is 10.3. The zero-order chi connectivity index (χ0) is 17.5. The lowest BCUT2D eigenvalue weighted by atomic mass is 10.1. The maximum Gasteiger partial charge on any atom is 0.222 e. The van der Waals surface area contributed by atoms with Crippen LogP contribution in [0.4, 0.5) is 0 Å². The molecule has 2 rings (SSSR count). The van der Waals surface area contributed by atoms with Crippen molar-refractivity contribution in [3.05, 3.63) is 65.2 Å². The highest BCUT2D eigenvalue weighted by molar-refractivity contribution is 5.76. The van der Waals surface area contributed by atoms with E-state index in [1.807, 2.05) is 37.3 Å². The summed E-state index contributed by atoms with van der Waals surface area (Å²) in [4.78, 5) is 13.8. The van der Waals surface area contributed by atoms with Gasteiger partial charge in [0.1, 0.15) is 5.75 Å². The molecule has 0 aromatic heterocycles. The molecule has 24 heavy (non-hydrogen) atoms. The van der Waals surface area contributed by atoms with Crippen LogP contribution >= 0.6 is 0 Å². The molecule has 0 heterocycles. The largest absolute Gasteiger partial charge is 0.497 e. The van der Waals surface area contributed by atoms with Crippen LogP contribution in [0.3, 0.4) is 0 Å². The fraction of sp³-hybridized carbons (Fsp3) is 0.350. The lowest BCUT2D eigenvalue weighted by molar-refractivity contribution is -0.131. The fourth-order valence-corrected chi connectivity index (χ4v) is 2.51. The molecule has 0 aliphatic carbocycles. The van der Waals surface area contributed by atoms with E-state index in [4.69, 9.17) is 4.74 Å². The van der Waals surface area contributed by atoms with Crippen LogP contribution in [-0.2, 0) is 11.2 Å². The zero-order valence-electron chi connectivity index (χ0n) is 14.5. The predicted octanol–water partition coefficient (Wildman–Crippen LogP) is 3.13. The van der Waals surface area contributed by atoms with E-state index in [9.17, 15) is 9.90 Å². The number of amides is 1. The van der Waals surface area contributed by atoms with Gasteiger partial charge in [-0.15, -0.1) is 0 Å². The van der Waals surface area contributed by atoms with Crippen LogP contribution in [0.25, 0.3) is 0 Å². The van der Waals surface area contributed by atoms with Crippen LogP contribution < -0.4 is 4.74 Å². The van der Waals surface area contributed by atoms with E-state index in [1.54, 1.807) is 25.1 Å². The Morgan fingerprint density at radius 3 is 2.58 bits per heavy atom. The van der Waals surface area contributed by atoms with Crippen molar-refractivity contribution in [2.24, 2.45) is 0 Å². The summed E-state index contributed by atoms with van der Waals surface area (Å²) in [6.07, 6.45) is 0.414. The van der Waals surface area contributed by atoms with Crippen LogP contribution in [0.2, 0.25) is 0 Å². The predicted molar refractivity (Wildman–Crippen MR) is 95.1 cm³/mol. The molecule has 4 heteroatoms. The topological polar surface area (TPSA) is 49.8 Å². The summed E-state index contributed by atoms with van der Waals surface area (Å²) in [7, 11) is 3.31. The summed E-state index contributed by atoms with van der Waals surface area (Å²) in [5.41, 5.74) is 3.10. The first-order chi connectivity index (χ1) is 11.5. The number of likely N-dealkylation sites (N-methyl/N-ethyl adjacent to an activating group) is 1. The van der Waals surface area contributed by atoms with Crippen molar-refractivity contribution < 1.29 is 14.6 Å². The molecule has 0 bridgehead atoms. The van der Waals surface area contributed by atoms with Gasteiger partial charge in [-0.25, -0.2) is 0 Å². The van der Waals surface area contributed by atoms with Crippen LogP contribution in [0.1, 0.15) is 29.2 Å². The molecule has 0 saturated heterocycles. The summed E-state index contributed by atoms with van der Waals surface area (Å²) < 4.78 is 5.16. The Hall–Kier alpha value is -2.33. The van der Waals surface area contributed by atoms with Gasteiger partial charge >= 0.3 is 0 Å². The molecule has 0 spiro atoms. The minimum absolute atomic E-state index is 0.0255. The number of carbonyl (C=O) groups excluding carboxylic acids is 1. The van der Waals surface area contributed by atoms with E-state index in [0.717, 1.165) is 11.1 Å². The van der Waals surface area contributed by atoms with Crippen molar-refractivity contribution in [1.82, 2.24) is 4.90 Å². The monoisotopic (exact) mass is 327 g/mol. The van der Waals surface area contributed by atoms with E-state index in [-0.39, 0.29) is 12.5 Å². The molecule has 1 N–H and O–H groups in total.